The summed E-state index contributed by atoms with van der Waals surface area (Å²) in [6.45, 7) is 0.409. The van der Waals surface area contributed by atoms with Crippen LogP contribution in [0.15, 0.2) is 10.6 Å². The molecular weight excluding hydrogens is 277 g/mol. The standard InChI is InChI=1S/C8H11F3N2O4S/c1-5-2-6(13-17-5)4-18(15,16)12-3-7(14)8(9,10)11/h2,7,12,14H,3-4H2,1H3. The van der Waals surface area contributed by atoms with Gasteiger partial charge in [0.05, 0.1) is 0 Å². The Morgan fingerprint density at radius 3 is 2.61 bits per heavy atom. The van der Waals surface area contributed by atoms with E-state index in [1.54, 1.807) is 11.6 Å². The van der Waals surface area contributed by atoms with E-state index in [4.69, 9.17) is 5.11 Å². The molecule has 1 rings (SSSR count). The Hall–Kier alpha value is -1.13. The summed E-state index contributed by atoms with van der Waals surface area (Å²) >= 11 is 0. The highest BCUT2D eigenvalue weighted by Gasteiger charge is 2.38. The summed E-state index contributed by atoms with van der Waals surface area (Å²) in [5.74, 6) is -0.231. The summed E-state index contributed by atoms with van der Waals surface area (Å²) in [5.41, 5.74) is 0.0708. The predicted octanol–water partition coefficient (Wildman–Crippen LogP) is 0.326. The van der Waals surface area contributed by atoms with E-state index in [9.17, 15) is 21.6 Å². The lowest BCUT2D eigenvalue weighted by atomic mass is 10.4. The molecule has 6 nitrogen and oxygen atoms in total. The van der Waals surface area contributed by atoms with E-state index in [0.717, 1.165) is 0 Å². The molecule has 0 saturated carbocycles. The lowest BCUT2D eigenvalue weighted by Crippen LogP contribution is -2.41. The van der Waals surface area contributed by atoms with E-state index in [1.165, 1.54) is 6.07 Å². The quantitative estimate of drug-likeness (QED) is 0.814. The van der Waals surface area contributed by atoms with Crippen LogP contribution in [0.5, 0.6) is 0 Å². The van der Waals surface area contributed by atoms with Crippen LogP contribution in [0.1, 0.15) is 11.5 Å². The molecule has 1 aromatic rings. The first kappa shape index (κ1) is 14.9. The highest BCUT2D eigenvalue weighted by atomic mass is 32.2. The maximum atomic E-state index is 11.9. The molecule has 0 bridgehead atoms. The monoisotopic (exact) mass is 288 g/mol. The van der Waals surface area contributed by atoms with E-state index in [0.29, 0.717) is 5.76 Å². The van der Waals surface area contributed by atoms with Crippen molar-refractivity contribution in [3.8, 4) is 0 Å². The third kappa shape index (κ3) is 4.63. The van der Waals surface area contributed by atoms with Crippen LogP contribution >= 0.6 is 0 Å². The van der Waals surface area contributed by atoms with Crippen molar-refractivity contribution in [1.29, 1.82) is 0 Å². The van der Waals surface area contributed by atoms with Crippen molar-refractivity contribution in [2.24, 2.45) is 0 Å². The molecule has 18 heavy (non-hydrogen) atoms. The third-order valence-electron chi connectivity index (χ3n) is 1.89. The van der Waals surface area contributed by atoms with Crippen molar-refractivity contribution in [3.05, 3.63) is 17.5 Å². The number of aryl methyl sites for hydroxylation is 1. The number of hydrogen-bond donors (Lipinski definition) is 2. The summed E-state index contributed by atoms with van der Waals surface area (Å²) in [5, 5.41) is 12.0. The molecule has 0 amide bonds. The van der Waals surface area contributed by atoms with Crippen molar-refractivity contribution in [3.63, 3.8) is 0 Å². The van der Waals surface area contributed by atoms with Gasteiger partial charge in [-0.25, -0.2) is 13.1 Å². The van der Waals surface area contributed by atoms with Crippen LogP contribution in [0.4, 0.5) is 13.2 Å². The SMILES string of the molecule is Cc1cc(CS(=O)(=O)NCC(O)C(F)(F)F)no1. The van der Waals surface area contributed by atoms with Gasteiger partial charge in [0.2, 0.25) is 10.0 Å². The smallest absolute Gasteiger partial charge is 0.382 e. The molecular formula is C8H11F3N2O4S. The second-order valence-corrected chi connectivity index (χ2v) is 5.40. The molecule has 0 fully saturated rings. The fourth-order valence-corrected chi connectivity index (χ4v) is 2.09. The molecule has 0 aliphatic heterocycles. The third-order valence-corrected chi connectivity index (χ3v) is 3.17. The first-order valence-corrected chi connectivity index (χ1v) is 6.40. The van der Waals surface area contributed by atoms with Gasteiger partial charge in [0.15, 0.2) is 6.10 Å². The molecule has 104 valence electrons. The van der Waals surface area contributed by atoms with Gasteiger partial charge in [0.25, 0.3) is 0 Å². The molecule has 1 aromatic heterocycles. The van der Waals surface area contributed by atoms with Gasteiger partial charge in [-0.05, 0) is 6.92 Å². The fourth-order valence-electron chi connectivity index (χ4n) is 1.05. The van der Waals surface area contributed by atoms with Gasteiger partial charge in [-0.15, -0.1) is 0 Å². The van der Waals surface area contributed by atoms with Crippen molar-refractivity contribution < 1.29 is 31.2 Å². The minimum atomic E-state index is -4.87. The topological polar surface area (TPSA) is 92.4 Å². The average molecular weight is 288 g/mol. The number of aliphatic hydroxyl groups excluding tert-OH is 1. The van der Waals surface area contributed by atoms with Crippen LogP contribution < -0.4 is 4.72 Å². The van der Waals surface area contributed by atoms with Crippen LogP contribution in [0.2, 0.25) is 0 Å². The van der Waals surface area contributed by atoms with E-state index in [1.807, 2.05) is 0 Å². The normalized spacial score (nSPS) is 14.7. The zero-order chi connectivity index (χ0) is 14.0. The molecule has 2 N–H and O–H groups in total. The van der Waals surface area contributed by atoms with E-state index < -0.39 is 34.6 Å². The van der Waals surface area contributed by atoms with Gasteiger partial charge in [-0.3, -0.25) is 0 Å². The highest BCUT2D eigenvalue weighted by Crippen LogP contribution is 2.19. The number of nitrogens with one attached hydrogen (secondary N) is 1. The molecule has 0 aliphatic rings. The van der Waals surface area contributed by atoms with Crippen molar-refractivity contribution in [2.45, 2.75) is 25.0 Å². The number of nitrogens with zero attached hydrogens (tertiary/aromatic N) is 1. The Labute approximate surface area is 101 Å². The van der Waals surface area contributed by atoms with E-state index in [-0.39, 0.29) is 5.69 Å². The maximum absolute atomic E-state index is 11.9. The molecule has 0 spiro atoms. The molecule has 0 aromatic carbocycles. The summed E-state index contributed by atoms with van der Waals surface area (Å²) in [4.78, 5) is 0. The van der Waals surface area contributed by atoms with Gasteiger partial charge in [0.1, 0.15) is 17.2 Å². The number of alkyl halides is 3. The zero-order valence-electron chi connectivity index (χ0n) is 9.23. The second kappa shape index (κ2) is 5.24. The molecule has 0 saturated heterocycles. The molecule has 0 radical (unpaired) electrons. The molecule has 1 unspecified atom stereocenters. The van der Waals surface area contributed by atoms with Gasteiger partial charge in [-0.1, -0.05) is 5.16 Å². The molecule has 1 atom stereocenters. The Balaban J connectivity index is 2.56. The van der Waals surface area contributed by atoms with Gasteiger partial charge in [0, 0.05) is 12.6 Å². The summed E-state index contributed by atoms with van der Waals surface area (Å²) in [7, 11) is -4.01. The molecule has 0 aliphatic carbocycles. The number of halogens is 3. The summed E-state index contributed by atoms with van der Waals surface area (Å²) in [6, 6.07) is 1.35. The Morgan fingerprint density at radius 2 is 2.17 bits per heavy atom. The predicted molar refractivity (Wildman–Crippen MR) is 53.9 cm³/mol. The van der Waals surface area contributed by atoms with E-state index in [2.05, 4.69) is 9.68 Å². The van der Waals surface area contributed by atoms with Crippen molar-refractivity contribution in [2.75, 3.05) is 6.54 Å². The lowest BCUT2D eigenvalue weighted by Gasteiger charge is -2.14. The second-order valence-electron chi connectivity index (χ2n) is 3.59. The number of aromatic nitrogens is 1. The van der Waals surface area contributed by atoms with Gasteiger partial charge >= 0.3 is 6.18 Å². The molecule has 10 heteroatoms. The number of aliphatic hydroxyl groups is 1. The van der Waals surface area contributed by atoms with Gasteiger partial charge in [-0.2, -0.15) is 13.2 Å². The number of rotatable bonds is 5. The van der Waals surface area contributed by atoms with Crippen LogP contribution in [-0.4, -0.2) is 37.5 Å². The highest BCUT2D eigenvalue weighted by molar-refractivity contribution is 7.88. The Kier molecular flexibility index (Phi) is 4.35. The maximum Gasteiger partial charge on any atom is 0.415 e. The number of sulfonamides is 1. The van der Waals surface area contributed by atoms with Crippen LogP contribution in [0.25, 0.3) is 0 Å². The van der Waals surface area contributed by atoms with Crippen LogP contribution in [0, 0.1) is 6.92 Å². The Bertz CT molecular complexity index is 497. The summed E-state index contributed by atoms with van der Waals surface area (Å²) < 4.78 is 64.8. The zero-order valence-corrected chi connectivity index (χ0v) is 10.0. The largest absolute Gasteiger partial charge is 0.415 e. The fraction of sp³-hybridized carbons (Fsp3) is 0.625. The first-order chi connectivity index (χ1) is 8.10. The van der Waals surface area contributed by atoms with Gasteiger partial charge < -0.3 is 9.63 Å². The van der Waals surface area contributed by atoms with Crippen LogP contribution in [0.3, 0.4) is 0 Å². The Morgan fingerprint density at radius 1 is 1.56 bits per heavy atom. The summed E-state index contributed by atoms with van der Waals surface area (Å²) in [6.07, 6.45) is -7.61. The minimum absolute atomic E-state index is 0.0708. The number of hydrogen-bond acceptors (Lipinski definition) is 5. The van der Waals surface area contributed by atoms with Crippen LogP contribution in [-0.2, 0) is 15.8 Å². The van der Waals surface area contributed by atoms with Crippen molar-refractivity contribution in [1.82, 2.24) is 9.88 Å². The van der Waals surface area contributed by atoms with E-state index >= 15 is 0 Å². The average Bonchev–Trinajstić information content (AvgIpc) is 2.58. The minimum Gasteiger partial charge on any atom is -0.382 e. The lowest BCUT2D eigenvalue weighted by molar-refractivity contribution is -0.200. The first-order valence-electron chi connectivity index (χ1n) is 4.74. The molecule has 1 heterocycles. The van der Waals surface area contributed by atoms with Crippen molar-refractivity contribution >= 4 is 10.0 Å².